The normalized spacial score (nSPS) is 41.2. The molecule has 3 aliphatic heterocycles. The number of aliphatic hydroxyl groups is 3. The number of hydrogen-bond donors (Lipinski definition) is 4. The second kappa shape index (κ2) is 18.6. The SMILES string of the molecule is Bn1cc(CCN(C)[C@H]2C[C@@H](C)O[C@@H](O[C@@H]3[C@@H](C)C(=O)[C@@H](C)C(=O)O[C@H](CC)[C@@](C)(O)[C@H](O)[C@@H](C)/C(=N/O[C@@H]4CCNC4)[C@H](C)C[C@@]3(C)OC)[C@@H]2O)nn1. The summed E-state index contributed by atoms with van der Waals surface area (Å²) in [5, 5.41) is 51.4. The van der Waals surface area contributed by atoms with Gasteiger partial charge in [0.25, 0.3) is 7.98 Å². The molecular weight excluding hydrogens is 699 g/mol. The van der Waals surface area contributed by atoms with E-state index in [1.165, 1.54) is 21.0 Å². The minimum atomic E-state index is -1.89. The number of ether oxygens (including phenoxy) is 4. The summed E-state index contributed by atoms with van der Waals surface area (Å²) in [5.74, 6) is -4.67. The van der Waals surface area contributed by atoms with E-state index in [1.807, 2.05) is 42.0 Å². The molecule has 0 spiro atoms. The first kappa shape index (κ1) is 44.2. The molecule has 17 heteroatoms. The summed E-state index contributed by atoms with van der Waals surface area (Å²) in [5.41, 5.74) is -1.82. The maximum Gasteiger partial charge on any atom is 0.316 e. The van der Waals surface area contributed by atoms with E-state index >= 15 is 0 Å². The van der Waals surface area contributed by atoms with Crippen molar-refractivity contribution in [1.82, 2.24) is 25.1 Å². The third kappa shape index (κ3) is 10.1. The predicted octanol–water partition coefficient (Wildman–Crippen LogP) is 0.489. The second-order valence-corrected chi connectivity index (χ2v) is 16.3. The van der Waals surface area contributed by atoms with Gasteiger partial charge in [0.05, 0.1) is 35.3 Å². The average Bonchev–Trinajstić information content (AvgIpc) is 3.82. The first-order valence-corrected chi connectivity index (χ1v) is 19.5. The number of carbonyl (C=O) groups excluding carboxylic acids is 2. The number of cyclic esters (lactones) is 1. The number of aromatic nitrogens is 3. The van der Waals surface area contributed by atoms with Crippen LogP contribution < -0.4 is 5.32 Å². The lowest BCUT2D eigenvalue weighted by atomic mass is 9.74. The van der Waals surface area contributed by atoms with E-state index in [0.717, 1.165) is 18.7 Å². The Bertz CT molecular complexity index is 1430. The molecule has 4 heterocycles. The molecule has 3 aliphatic rings. The monoisotopic (exact) mass is 764 g/mol. The van der Waals surface area contributed by atoms with Gasteiger partial charge < -0.3 is 53.9 Å². The van der Waals surface area contributed by atoms with E-state index in [4.69, 9.17) is 23.8 Å². The number of oxime groups is 1. The summed E-state index contributed by atoms with van der Waals surface area (Å²) in [6.07, 6.45) is -2.09. The van der Waals surface area contributed by atoms with Gasteiger partial charge in [-0.25, -0.2) is 0 Å². The lowest BCUT2D eigenvalue weighted by molar-refractivity contribution is -0.295. The first-order valence-electron chi connectivity index (χ1n) is 19.5. The maximum atomic E-state index is 14.3. The van der Waals surface area contributed by atoms with Crippen LogP contribution in [0.4, 0.5) is 0 Å². The van der Waals surface area contributed by atoms with E-state index in [-0.39, 0.29) is 31.1 Å². The number of carbonyl (C=O) groups is 2. The van der Waals surface area contributed by atoms with Crippen LogP contribution >= 0.6 is 0 Å². The smallest absolute Gasteiger partial charge is 0.316 e. The molecule has 16 nitrogen and oxygen atoms in total. The molecule has 0 unspecified atom stereocenters. The summed E-state index contributed by atoms with van der Waals surface area (Å²) < 4.78 is 26.7. The molecule has 4 rings (SSSR count). The maximum absolute atomic E-state index is 14.3. The zero-order chi connectivity index (χ0) is 40.1. The van der Waals surface area contributed by atoms with Crippen molar-refractivity contribution in [1.29, 1.82) is 0 Å². The van der Waals surface area contributed by atoms with Crippen molar-refractivity contribution in [2.75, 3.05) is 33.8 Å². The van der Waals surface area contributed by atoms with Crippen LogP contribution in [0.1, 0.15) is 86.8 Å². The minimum absolute atomic E-state index is 0.172. The van der Waals surface area contributed by atoms with Gasteiger partial charge in [0.1, 0.15) is 29.8 Å². The van der Waals surface area contributed by atoms with Crippen LogP contribution in [0.25, 0.3) is 0 Å². The van der Waals surface area contributed by atoms with Gasteiger partial charge in [-0.05, 0) is 60.5 Å². The van der Waals surface area contributed by atoms with Crippen LogP contribution in [0.3, 0.4) is 0 Å². The van der Waals surface area contributed by atoms with E-state index in [9.17, 15) is 24.9 Å². The zero-order valence-electron chi connectivity index (χ0n) is 34.1. The largest absolute Gasteiger partial charge is 0.459 e. The number of methoxy groups -OCH3 is 1. The molecular formula is C37H65BN6O10. The standard InChI is InChI=1S/C37H65BN6O10/c1-11-28-37(8,49)32(47)22(4)29(41-54-26-12-14-39-18-26)20(2)17-36(7,50-10)33(23(5)30(45)24(6)34(48)52-28)53-35-31(46)27(16-21(3)51-35)43(9)15-13-25-19-44(38)42-40-25/h19-24,26-28,31-33,35,39,46-47,49H,11-18,38H2,1-10H3/b41-29+/t20-,21-,22+,23+,24-,26-,27+,28-,31-,32-,33-,35+,36-,37-/m1/s1. The van der Waals surface area contributed by atoms with Gasteiger partial charge in [-0.1, -0.05) is 38.1 Å². The molecule has 0 bridgehead atoms. The Kier molecular flexibility index (Phi) is 15.2. The molecule has 0 aromatic carbocycles. The van der Waals surface area contributed by atoms with Crippen LogP contribution in [0, 0.1) is 23.7 Å². The van der Waals surface area contributed by atoms with Gasteiger partial charge in [-0.15, -0.1) is 5.10 Å². The van der Waals surface area contributed by atoms with Gasteiger partial charge in [-0.3, -0.25) is 9.59 Å². The molecule has 3 fully saturated rings. The zero-order valence-corrected chi connectivity index (χ0v) is 34.1. The van der Waals surface area contributed by atoms with E-state index in [0.29, 0.717) is 31.6 Å². The van der Waals surface area contributed by atoms with E-state index in [2.05, 4.69) is 25.7 Å². The van der Waals surface area contributed by atoms with Crippen LogP contribution in [-0.2, 0) is 39.8 Å². The quantitative estimate of drug-likeness (QED) is 0.111. The van der Waals surface area contributed by atoms with E-state index < -0.39 is 77.3 Å². The summed E-state index contributed by atoms with van der Waals surface area (Å²) in [4.78, 5) is 35.9. The number of aliphatic hydroxyl groups excluding tert-OH is 2. The fraction of sp³-hybridized carbons (Fsp3) is 0.865. The van der Waals surface area contributed by atoms with Gasteiger partial charge in [0.2, 0.25) is 0 Å². The molecule has 3 saturated heterocycles. The number of nitrogens with one attached hydrogen (secondary N) is 1. The first-order chi connectivity index (χ1) is 25.3. The Morgan fingerprint density at radius 3 is 2.46 bits per heavy atom. The number of Topliss-reactive ketones (excluding diaryl/α,β-unsaturated/α-hetero) is 1. The summed E-state index contributed by atoms with van der Waals surface area (Å²) >= 11 is 0. The van der Waals surface area contributed by atoms with Gasteiger partial charge in [-0.2, -0.15) is 0 Å². The molecule has 0 aliphatic carbocycles. The Hall–Kier alpha value is -2.51. The fourth-order valence-corrected chi connectivity index (χ4v) is 8.36. The predicted molar refractivity (Wildman–Crippen MR) is 202 cm³/mol. The molecule has 1 aromatic heterocycles. The highest BCUT2D eigenvalue weighted by Gasteiger charge is 2.52. The van der Waals surface area contributed by atoms with Crippen molar-refractivity contribution in [2.24, 2.45) is 28.8 Å². The Balaban J connectivity index is 1.72. The summed E-state index contributed by atoms with van der Waals surface area (Å²) in [6.45, 7) is 15.7. The molecule has 0 radical (unpaired) electrons. The van der Waals surface area contributed by atoms with Crippen LogP contribution in [0.5, 0.6) is 0 Å². The van der Waals surface area contributed by atoms with Crippen molar-refractivity contribution in [3.05, 3.63) is 11.9 Å². The van der Waals surface area contributed by atoms with Gasteiger partial charge in [0, 0.05) is 63.0 Å². The lowest BCUT2D eigenvalue weighted by Crippen LogP contribution is -2.60. The van der Waals surface area contributed by atoms with Crippen molar-refractivity contribution in [3.63, 3.8) is 0 Å². The average molecular weight is 765 g/mol. The Morgan fingerprint density at radius 2 is 1.87 bits per heavy atom. The molecule has 4 N–H and O–H groups in total. The number of rotatable bonds is 10. The van der Waals surface area contributed by atoms with Crippen molar-refractivity contribution in [3.8, 4) is 0 Å². The molecule has 306 valence electrons. The van der Waals surface area contributed by atoms with Gasteiger partial charge in [0.15, 0.2) is 12.1 Å². The van der Waals surface area contributed by atoms with Crippen LogP contribution in [0.2, 0.25) is 0 Å². The second-order valence-electron chi connectivity index (χ2n) is 16.3. The number of likely N-dealkylation sites (N-methyl/N-ethyl adjacent to an activating group) is 1. The van der Waals surface area contributed by atoms with Crippen molar-refractivity contribution >= 4 is 25.4 Å². The molecule has 14 atom stereocenters. The highest BCUT2D eigenvalue weighted by molar-refractivity contribution is 6.05. The summed E-state index contributed by atoms with van der Waals surface area (Å²) in [7, 11) is 5.27. The number of nitrogens with zero attached hydrogens (tertiary/aromatic N) is 5. The van der Waals surface area contributed by atoms with Crippen LogP contribution in [0.15, 0.2) is 11.4 Å². The topological polar surface area (TPSA) is 199 Å². The third-order valence-electron chi connectivity index (χ3n) is 11.9. The van der Waals surface area contributed by atoms with Crippen LogP contribution in [-0.4, -0.2) is 155 Å². The summed E-state index contributed by atoms with van der Waals surface area (Å²) in [6, 6.07) is -0.344. The highest BCUT2D eigenvalue weighted by atomic mass is 16.7. The van der Waals surface area contributed by atoms with Crippen molar-refractivity contribution < 1.29 is 48.7 Å². The number of ketones is 1. The lowest BCUT2D eigenvalue weighted by Gasteiger charge is -2.47. The molecule has 0 saturated carbocycles. The van der Waals surface area contributed by atoms with Crippen molar-refractivity contribution in [2.45, 2.75) is 148 Å². The molecule has 54 heavy (non-hydrogen) atoms. The third-order valence-corrected chi connectivity index (χ3v) is 11.9. The molecule has 1 aromatic rings. The highest BCUT2D eigenvalue weighted by Crippen LogP contribution is 2.39. The molecule has 0 amide bonds. The number of esters is 1. The van der Waals surface area contributed by atoms with Gasteiger partial charge >= 0.3 is 5.97 Å². The van der Waals surface area contributed by atoms with E-state index in [1.54, 1.807) is 25.4 Å². The minimum Gasteiger partial charge on any atom is -0.459 e. The fourth-order valence-electron chi connectivity index (χ4n) is 8.36. The Labute approximate surface area is 321 Å². The number of hydrogen-bond acceptors (Lipinski definition) is 15. The Morgan fingerprint density at radius 1 is 1.17 bits per heavy atom.